The Labute approximate surface area is 193 Å². The number of halogens is 3. The molecule has 0 aliphatic heterocycles. The predicted octanol–water partition coefficient (Wildman–Crippen LogP) is 4.93. The van der Waals surface area contributed by atoms with Crippen LogP contribution in [0.15, 0.2) is 72.8 Å². The number of ether oxygens (including phenoxy) is 1. The lowest BCUT2D eigenvalue weighted by atomic mass is 9.98. The number of nitriles is 1. The van der Waals surface area contributed by atoms with Crippen molar-refractivity contribution in [1.82, 2.24) is 15.3 Å². The van der Waals surface area contributed by atoms with E-state index < -0.39 is 23.9 Å². The molecule has 0 saturated carbocycles. The highest BCUT2D eigenvalue weighted by molar-refractivity contribution is 5.80. The zero-order valence-electron chi connectivity index (χ0n) is 17.8. The number of nitrogens with one attached hydrogen (secondary N) is 2. The Balaban J connectivity index is 1.53. The minimum absolute atomic E-state index is 0.178. The molecule has 172 valence electrons. The van der Waals surface area contributed by atoms with Gasteiger partial charge in [0.2, 0.25) is 5.82 Å². The number of hydrogen-bond donors (Lipinski definition) is 2. The summed E-state index contributed by atoms with van der Waals surface area (Å²) in [5.41, 5.74) is 2.58. The molecule has 0 aliphatic rings. The summed E-state index contributed by atoms with van der Waals surface area (Å²) in [6, 6.07) is 22.0. The van der Waals surface area contributed by atoms with Gasteiger partial charge in [0.05, 0.1) is 29.6 Å². The molecule has 3 aromatic carbocycles. The molecule has 1 unspecified atom stereocenters. The minimum atomic E-state index is -4.59. The summed E-state index contributed by atoms with van der Waals surface area (Å²) in [5.74, 6) is -1.00. The third kappa shape index (κ3) is 5.35. The van der Waals surface area contributed by atoms with Crippen molar-refractivity contribution in [3.05, 3.63) is 95.3 Å². The zero-order chi connectivity index (χ0) is 24.1. The smallest absolute Gasteiger partial charge is 0.449 e. The highest BCUT2D eigenvalue weighted by Crippen LogP contribution is 2.30. The van der Waals surface area contributed by atoms with Crippen LogP contribution in [0.2, 0.25) is 0 Å². The normalized spacial score (nSPS) is 12.2. The third-order valence-corrected chi connectivity index (χ3v) is 5.12. The van der Waals surface area contributed by atoms with Crippen molar-refractivity contribution >= 4 is 16.9 Å². The highest BCUT2D eigenvalue weighted by Gasteiger charge is 2.34. The largest absolute Gasteiger partial charge is 0.484 e. The van der Waals surface area contributed by atoms with Gasteiger partial charge in [0.1, 0.15) is 5.75 Å². The van der Waals surface area contributed by atoms with Crippen molar-refractivity contribution in [2.45, 2.75) is 18.6 Å². The summed E-state index contributed by atoms with van der Waals surface area (Å²) in [4.78, 5) is 18.6. The maximum Gasteiger partial charge on any atom is 0.449 e. The van der Waals surface area contributed by atoms with E-state index in [0.29, 0.717) is 11.3 Å². The zero-order valence-corrected chi connectivity index (χ0v) is 17.8. The monoisotopic (exact) mass is 464 g/mol. The van der Waals surface area contributed by atoms with Crippen molar-refractivity contribution in [2.24, 2.45) is 0 Å². The molecule has 0 aliphatic carbocycles. The second kappa shape index (κ2) is 9.67. The maximum absolute atomic E-state index is 13.0. The Morgan fingerprint density at radius 3 is 2.47 bits per heavy atom. The van der Waals surface area contributed by atoms with Gasteiger partial charge in [0, 0.05) is 0 Å². The van der Waals surface area contributed by atoms with Crippen LogP contribution in [0.1, 0.15) is 28.6 Å². The molecule has 1 atom stereocenters. The number of carbonyl (C=O) groups excluding carboxylic acids is 1. The van der Waals surface area contributed by atoms with Crippen LogP contribution in [-0.4, -0.2) is 22.5 Å². The van der Waals surface area contributed by atoms with Crippen LogP contribution in [0.4, 0.5) is 13.2 Å². The molecular formula is C25H19F3N4O2. The summed E-state index contributed by atoms with van der Waals surface area (Å²) in [6.07, 6.45) is -4.30. The fraction of sp³-hybridized carbons (Fsp3) is 0.160. The Morgan fingerprint density at radius 1 is 1.06 bits per heavy atom. The van der Waals surface area contributed by atoms with E-state index in [-0.39, 0.29) is 24.1 Å². The van der Waals surface area contributed by atoms with Crippen molar-refractivity contribution in [2.75, 3.05) is 6.61 Å². The van der Waals surface area contributed by atoms with Crippen LogP contribution in [0.3, 0.4) is 0 Å². The fourth-order valence-corrected chi connectivity index (χ4v) is 3.49. The van der Waals surface area contributed by atoms with E-state index in [1.165, 1.54) is 6.07 Å². The standard InChI is InChI=1S/C25H19F3N4O2/c26-25(27,28)24-30-20-11-8-18(14-21(20)31-24)23(17-4-2-1-3-5-17)32-22(33)15-34-19-9-6-16(7-10-19)12-13-29/h1-11,14,23H,12,15H2,(H,30,31)(H,32,33). The number of nitrogens with zero attached hydrogens (tertiary/aromatic N) is 2. The Kier molecular flexibility index (Phi) is 6.50. The maximum atomic E-state index is 13.0. The first kappa shape index (κ1) is 22.9. The SMILES string of the molecule is N#CCc1ccc(OCC(=O)NC(c2ccccc2)c2ccc3nc(C(F)(F)F)[nH]c3c2)cc1. The summed E-state index contributed by atoms with van der Waals surface area (Å²) >= 11 is 0. The van der Waals surface area contributed by atoms with Gasteiger partial charge in [-0.3, -0.25) is 4.79 Å². The number of amides is 1. The number of carbonyl (C=O) groups is 1. The van der Waals surface area contributed by atoms with E-state index in [1.807, 2.05) is 30.3 Å². The van der Waals surface area contributed by atoms with Crippen LogP contribution in [0, 0.1) is 11.3 Å². The van der Waals surface area contributed by atoms with Crippen molar-refractivity contribution in [1.29, 1.82) is 5.26 Å². The molecule has 9 heteroatoms. The summed E-state index contributed by atoms with van der Waals surface area (Å²) in [6.45, 7) is -0.258. The van der Waals surface area contributed by atoms with E-state index in [2.05, 4.69) is 21.4 Å². The lowest BCUT2D eigenvalue weighted by Crippen LogP contribution is -2.33. The molecule has 0 bridgehead atoms. The first-order valence-corrected chi connectivity index (χ1v) is 10.3. The van der Waals surface area contributed by atoms with Crippen LogP contribution >= 0.6 is 0 Å². The average Bonchev–Trinajstić information content (AvgIpc) is 3.27. The van der Waals surface area contributed by atoms with E-state index >= 15 is 0 Å². The Bertz CT molecular complexity index is 1330. The summed E-state index contributed by atoms with van der Waals surface area (Å²) in [5, 5.41) is 11.6. The highest BCUT2D eigenvalue weighted by atomic mass is 19.4. The third-order valence-electron chi connectivity index (χ3n) is 5.12. The molecule has 0 fully saturated rings. The number of hydrogen-bond acceptors (Lipinski definition) is 4. The van der Waals surface area contributed by atoms with Gasteiger partial charge in [-0.2, -0.15) is 18.4 Å². The molecule has 1 aromatic heterocycles. The first-order valence-electron chi connectivity index (χ1n) is 10.3. The van der Waals surface area contributed by atoms with Crippen molar-refractivity contribution < 1.29 is 22.7 Å². The van der Waals surface area contributed by atoms with Gasteiger partial charge in [0.25, 0.3) is 5.91 Å². The topological polar surface area (TPSA) is 90.8 Å². The molecule has 4 aromatic rings. The second-order valence-corrected chi connectivity index (χ2v) is 7.54. The number of rotatable bonds is 7. The number of H-pyrrole nitrogens is 1. The van der Waals surface area contributed by atoms with Crippen molar-refractivity contribution in [3.8, 4) is 11.8 Å². The number of aromatic nitrogens is 2. The van der Waals surface area contributed by atoms with Crippen LogP contribution in [0.5, 0.6) is 5.75 Å². The number of fused-ring (bicyclic) bond motifs is 1. The Morgan fingerprint density at radius 2 is 1.79 bits per heavy atom. The van der Waals surface area contributed by atoms with Gasteiger partial charge >= 0.3 is 6.18 Å². The molecule has 4 rings (SSSR count). The molecule has 34 heavy (non-hydrogen) atoms. The molecule has 2 N–H and O–H groups in total. The van der Waals surface area contributed by atoms with E-state index in [0.717, 1.165) is 11.1 Å². The van der Waals surface area contributed by atoms with Gasteiger partial charge in [-0.1, -0.05) is 48.5 Å². The first-order chi connectivity index (χ1) is 16.3. The van der Waals surface area contributed by atoms with Crippen LogP contribution in [-0.2, 0) is 17.4 Å². The van der Waals surface area contributed by atoms with E-state index in [1.54, 1.807) is 36.4 Å². The number of alkyl halides is 3. The van der Waals surface area contributed by atoms with Gasteiger partial charge in [-0.15, -0.1) is 0 Å². The quantitative estimate of drug-likeness (QED) is 0.406. The predicted molar refractivity (Wildman–Crippen MR) is 119 cm³/mol. The number of aromatic amines is 1. The molecular weight excluding hydrogens is 445 g/mol. The molecule has 0 radical (unpaired) electrons. The summed E-state index contributed by atoms with van der Waals surface area (Å²) < 4.78 is 44.6. The van der Waals surface area contributed by atoms with E-state index in [4.69, 9.17) is 10.00 Å². The molecule has 6 nitrogen and oxygen atoms in total. The van der Waals surface area contributed by atoms with E-state index in [9.17, 15) is 18.0 Å². The minimum Gasteiger partial charge on any atom is -0.484 e. The van der Waals surface area contributed by atoms with Gasteiger partial charge in [0.15, 0.2) is 6.61 Å². The van der Waals surface area contributed by atoms with Crippen LogP contribution < -0.4 is 10.1 Å². The number of benzene rings is 3. The molecule has 0 spiro atoms. The average molecular weight is 464 g/mol. The fourth-order valence-electron chi connectivity index (χ4n) is 3.49. The van der Waals surface area contributed by atoms with Gasteiger partial charge < -0.3 is 15.0 Å². The second-order valence-electron chi connectivity index (χ2n) is 7.54. The van der Waals surface area contributed by atoms with Crippen LogP contribution in [0.25, 0.3) is 11.0 Å². The summed E-state index contributed by atoms with van der Waals surface area (Å²) in [7, 11) is 0. The Hall–Kier alpha value is -4.32. The van der Waals surface area contributed by atoms with Gasteiger partial charge in [-0.05, 0) is 41.0 Å². The van der Waals surface area contributed by atoms with Gasteiger partial charge in [-0.25, -0.2) is 4.98 Å². The lowest BCUT2D eigenvalue weighted by molar-refractivity contribution is -0.144. The molecule has 1 amide bonds. The van der Waals surface area contributed by atoms with Crippen molar-refractivity contribution in [3.63, 3.8) is 0 Å². The lowest BCUT2D eigenvalue weighted by Gasteiger charge is -2.20. The molecule has 1 heterocycles. The molecule has 0 saturated heterocycles. The number of imidazole rings is 1.